The highest BCUT2D eigenvalue weighted by Gasteiger charge is 2.34. The van der Waals surface area contributed by atoms with Crippen molar-refractivity contribution >= 4 is 17.6 Å². The van der Waals surface area contributed by atoms with E-state index in [4.69, 9.17) is 14.6 Å². The number of halogens is 3. The van der Waals surface area contributed by atoms with E-state index in [-0.39, 0.29) is 31.0 Å². The number of benzene rings is 2. The van der Waals surface area contributed by atoms with Crippen molar-refractivity contribution in [2.75, 3.05) is 20.2 Å². The molecule has 2 aromatic rings. The number of hydrogen-bond donors (Lipinski definition) is 1. The summed E-state index contributed by atoms with van der Waals surface area (Å²) in [5.41, 5.74) is 1.28. The van der Waals surface area contributed by atoms with Gasteiger partial charge in [0.05, 0.1) is 18.2 Å². The van der Waals surface area contributed by atoms with Crippen LogP contribution >= 0.6 is 0 Å². The fourth-order valence-electron chi connectivity index (χ4n) is 3.31. The smallest absolute Gasteiger partial charge is 0.419 e. The van der Waals surface area contributed by atoms with E-state index in [9.17, 15) is 22.8 Å². The molecule has 6 nitrogen and oxygen atoms in total. The van der Waals surface area contributed by atoms with E-state index in [1.807, 2.05) is 0 Å². The van der Waals surface area contributed by atoms with Crippen LogP contribution in [-0.4, -0.2) is 42.3 Å². The topological polar surface area (TPSA) is 76.1 Å². The molecule has 0 aliphatic carbocycles. The Kier molecular flexibility index (Phi) is 6.53. The molecule has 0 saturated heterocycles. The molecule has 0 aromatic heterocycles. The second-order valence-corrected chi connectivity index (χ2v) is 6.86. The van der Waals surface area contributed by atoms with Crippen LogP contribution in [0.3, 0.4) is 0 Å². The van der Waals surface area contributed by atoms with Crippen LogP contribution in [0.2, 0.25) is 0 Å². The summed E-state index contributed by atoms with van der Waals surface area (Å²) in [4.78, 5) is 24.5. The van der Waals surface area contributed by atoms with Gasteiger partial charge in [0.25, 0.3) is 0 Å². The molecule has 1 N–H and O–H groups in total. The largest absolute Gasteiger partial charge is 0.488 e. The average Bonchev–Trinajstić information content (AvgIpc) is 2.76. The maximum absolute atomic E-state index is 13.2. The predicted molar refractivity (Wildman–Crippen MR) is 106 cm³/mol. The van der Waals surface area contributed by atoms with E-state index in [1.54, 1.807) is 18.2 Å². The van der Waals surface area contributed by atoms with Crippen LogP contribution in [-0.2, 0) is 17.5 Å². The third-order valence-electron chi connectivity index (χ3n) is 4.90. The SMILES string of the molecule is COC(=O)c1ccc(COc2ccccc2C(F)(F)F)cc1C1=CCN(C(=O)O)CC1. The van der Waals surface area contributed by atoms with Gasteiger partial charge in [0.15, 0.2) is 0 Å². The number of hydrogen-bond acceptors (Lipinski definition) is 4. The minimum atomic E-state index is -4.54. The summed E-state index contributed by atoms with van der Waals surface area (Å²) in [7, 11) is 1.25. The Hall–Kier alpha value is -3.49. The molecule has 0 unspecified atom stereocenters. The van der Waals surface area contributed by atoms with E-state index < -0.39 is 23.8 Å². The monoisotopic (exact) mass is 435 g/mol. The third-order valence-corrected chi connectivity index (χ3v) is 4.90. The summed E-state index contributed by atoms with van der Waals surface area (Å²) in [5.74, 6) is -0.853. The highest BCUT2D eigenvalue weighted by atomic mass is 19.4. The highest BCUT2D eigenvalue weighted by Crippen LogP contribution is 2.36. The van der Waals surface area contributed by atoms with Crippen LogP contribution in [0.1, 0.15) is 33.5 Å². The van der Waals surface area contributed by atoms with Crippen molar-refractivity contribution in [1.29, 1.82) is 0 Å². The Balaban J connectivity index is 1.88. The first-order valence-corrected chi connectivity index (χ1v) is 9.38. The number of nitrogens with zero attached hydrogens (tertiary/aromatic N) is 1. The molecular formula is C22H20F3NO5. The molecule has 0 atom stereocenters. The second kappa shape index (κ2) is 9.11. The molecule has 1 amide bonds. The normalized spacial score (nSPS) is 14.1. The molecule has 2 aromatic carbocycles. The second-order valence-electron chi connectivity index (χ2n) is 6.86. The summed E-state index contributed by atoms with van der Waals surface area (Å²) >= 11 is 0. The molecule has 3 rings (SSSR count). The molecule has 31 heavy (non-hydrogen) atoms. The zero-order valence-corrected chi connectivity index (χ0v) is 16.6. The van der Waals surface area contributed by atoms with E-state index in [0.29, 0.717) is 17.5 Å². The van der Waals surface area contributed by atoms with Crippen LogP contribution in [0.4, 0.5) is 18.0 Å². The highest BCUT2D eigenvalue weighted by molar-refractivity contribution is 5.95. The summed E-state index contributed by atoms with van der Waals surface area (Å²) in [6.07, 6.45) is -3.48. The number of carboxylic acid groups (broad SMARTS) is 1. The number of amides is 1. The maximum Gasteiger partial charge on any atom is 0.419 e. The summed E-state index contributed by atoms with van der Waals surface area (Å²) in [6, 6.07) is 9.70. The van der Waals surface area contributed by atoms with Crippen LogP contribution < -0.4 is 4.74 Å². The minimum absolute atomic E-state index is 0.143. The van der Waals surface area contributed by atoms with Crippen LogP contribution in [0, 0.1) is 0 Å². The van der Waals surface area contributed by atoms with Crippen LogP contribution in [0.5, 0.6) is 5.75 Å². The van der Waals surface area contributed by atoms with Gasteiger partial charge >= 0.3 is 18.2 Å². The number of carbonyl (C=O) groups excluding carboxylic acids is 1. The van der Waals surface area contributed by atoms with Crippen molar-refractivity contribution in [2.45, 2.75) is 19.2 Å². The number of alkyl halides is 3. The molecule has 0 bridgehead atoms. The van der Waals surface area contributed by atoms with E-state index in [0.717, 1.165) is 11.6 Å². The van der Waals surface area contributed by atoms with Crippen molar-refractivity contribution in [3.05, 3.63) is 70.8 Å². The minimum Gasteiger partial charge on any atom is -0.488 e. The summed E-state index contributed by atoms with van der Waals surface area (Å²) in [6.45, 7) is 0.294. The zero-order chi connectivity index (χ0) is 22.6. The lowest BCUT2D eigenvalue weighted by molar-refractivity contribution is -0.139. The molecule has 1 aliphatic heterocycles. The van der Waals surface area contributed by atoms with E-state index in [1.165, 1.54) is 36.3 Å². The molecule has 1 heterocycles. The predicted octanol–water partition coefficient (Wildman–Crippen LogP) is 4.84. The summed E-state index contributed by atoms with van der Waals surface area (Å²) < 4.78 is 49.7. The number of esters is 1. The standard InChI is InChI=1S/C22H20F3NO5/c1-30-20(27)16-7-6-14(12-17(16)15-8-10-26(11-9-15)21(28)29)13-31-19-5-3-2-4-18(19)22(23,24)25/h2-8,12H,9-11,13H2,1H3,(H,28,29). The third kappa shape index (κ3) is 5.17. The molecule has 1 aliphatic rings. The lowest BCUT2D eigenvalue weighted by Gasteiger charge is -2.25. The van der Waals surface area contributed by atoms with Gasteiger partial charge in [0.2, 0.25) is 0 Å². The van der Waals surface area contributed by atoms with Crippen LogP contribution in [0.15, 0.2) is 48.5 Å². The van der Waals surface area contributed by atoms with Crippen molar-refractivity contribution < 1.29 is 37.3 Å². The van der Waals surface area contributed by atoms with Gasteiger partial charge < -0.3 is 19.5 Å². The van der Waals surface area contributed by atoms with Gasteiger partial charge in [-0.3, -0.25) is 0 Å². The van der Waals surface area contributed by atoms with Crippen molar-refractivity contribution in [3.8, 4) is 5.75 Å². The zero-order valence-electron chi connectivity index (χ0n) is 16.6. The number of ether oxygens (including phenoxy) is 2. The van der Waals surface area contributed by atoms with E-state index >= 15 is 0 Å². The maximum atomic E-state index is 13.2. The first-order valence-electron chi connectivity index (χ1n) is 9.38. The van der Waals surface area contributed by atoms with Crippen LogP contribution in [0.25, 0.3) is 5.57 Å². The molecule has 0 spiro atoms. The Morgan fingerprint density at radius 3 is 2.52 bits per heavy atom. The quantitative estimate of drug-likeness (QED) is 0.681. The van der Waals surface area contributed by atoms with Crippen molar-refractivity contribution in [3.63, 3.8) is 0 Å². The lowest BCUT2D eigenvalue weighted by atomic mass is 9.93. The molecule has 164 valence electrons. The van der Waals surface area contributed by atoms with Crippen molar-refractivity contribution in [1.82, 2.24) is 4.90 Å². The molecule has 9 heteroatoms. The van der Waals surface area contributed by atoms with Gasteiger partial charge in [0, 0.05) is 13.1 Å². The van der Waals surface area contributed by atoms with Crippen molar-refractivity contribution in [2.24, 2.45) is 0 Å². The van der Waals surface area contributed by atoms with Gasteiger partial charge in [-0.1, -0.05) is 24.3 Å². The van der Waals surface area contributed by atoms with Gasteiger partial charge in [-0.05, 0) is 47.4 Å². The fourth-order valence-corrected chi connectivity index (χ4v) is 3.31. The van der Waals surface area contributed by atoms with Gasteiger partial charge in [-0.2, -0.15) is 13.2 Å². The number of para-hydroxylation sites is 1. The number of methoxy groups -OCH3 is 1. The Morgan fingerprint density at radius 1 is 1.16 bits per heavy atom. The first-order chi connectivity index (χ1) is 14.7. The summed E-state index contributed by atoms with van der Waals surface area (Å²) in [5, 5.41) is 9.10. The van der Waals surface area contributed by atoms with Gasteiger partial charge in [-0.15, -0.1) is 0 Å². The average molecular weight is 435 g/mol. The van der Waals surface area contributed by atoms with Gasteiger partial charge in [0.1, 0.15) is 12.4 Å². The molecular weight excluding hydrogens is 415 g/mol. The Labute approximate surface area is 176 Å². The molecule has 0 saturated carbocycles. The Morgan fingerprint density at radius 2 is 1.90 bits per heavy atom. The Bertz CT molecular complexity index is 1020. The first kappa shape index (κ1) is 22.2. The lowest BCUT2D eigenvalue weighted by Crippen LogP contribution is -2.33. The number of carbonyl (C=O) groups is 2. The molecule has 0 fully saturated rings. The fraction of sp³-hybridized carbons (Fsp3) is 0.273. The van der Waals surface area contributed by atoms with E-state index in [2.05, 4.69) is 0 Å². The molecule has 0 radical (unpaired) electrons. The van der Waals surface area contributed by atoms with Gasteiger partial charge in [-0.25, -0.2) is 9.59 Å². The number of rotatable bonds is 5.